The van der Waals surface area contributed by atoms with E-state index in [2.05, 4.69) is 15.6 Å². The van der Waals surface area contributed by atoms with Crippen molar-refractivity contribution in [2.24, 2.45) is 4.99 Å². The van der Waals surface area contributed by atoms with Gasteiger partial charge in [0, 0.05) is 30.9 Å². The fourth-order valence-electron chi connectivity index (χ4n) is 2.26. The highest BCUT2D eigenvalue weighted by Gasteiger charge is 2.07. The van der Waals surface area contributed by atoms with Crippen molar-refractivity contribution in [3.63, 3.8) is 0 Å². The van der Waals surface area contributed by atoms with E-state index in [1.807, 2.05) is 42.5 Å². The molecule has 2 aromatic rings. The van der Waals surface area contributed by atoms with Crippen LogP contribution in [0.5, 0.6) is 17.2 Å². The molecule has 0 aromatic heterocycles. The molecule has 0 fully saturated rings. The van der Waals surface area contributed by atoms with Gasteiger partial charge in [0.15, 0.2) is 17.5 Å². The Labute approximate surface area is 142 Å². The number of guanidine groups is 1. The second-order valence-corrected chi connectivity index (χ2v) is 4.93. The molecule has 0 unspecified atom stereocenters. The van der Waals surface area contributed by atoms with Gasteiger partial charge in [0.05, 0.1) is 21.3 Å². The molecule has 6 heteroatoms. The highest BCUT2D eigenvalue weighted by atomic mass is 16.5. The fourth-order valence-corrected chi connectivity index (χ4v) is 2.26. The van der Waals surface area contributed by atoms with Gasteiger partial charge >= 0.3 is 0 Å². The van der Waals surface area contributed by atoms with Crippen molar-refractivity contribution in [2.75, 3.05) is 33.7 Å². The van der Waals surface area contributed by atoms with Crippen LogP contribution in [0.1, 0.15) is 5.56 Å². The minimum atomic E-state index is 0.594. The van der Waals surface area contributed by atoms with Crippen molar-refractivity contribution in [3.8, 4) is 17.2 Å². The number of nitrogens with one attached hydrogen (secondary N) is 2. The minimum absolute atomic E-state index is 0.594. The number of ether oxygens (including phenoxy) is 3. The molecule has 0 heterocycles. The molecule has 2 aromatic carbocycles. The summed E-state index contributed by atoms with van der Waals surface area (Å²) in [7, 11) is 6.60. The SMILES string of the molecule is CN=C(NCc1ccccc1OC)Nc1ccc(OC)c(OC)c1. The third-order valence-electron chi connectivity index (χ3n) is 3.51. The fraction of sp³-hybridized carbons (Fsp3) is 0.278. The van der Waals surface area contributed by atoms with Gasteiger partial charge in [-0.3, -0.25) is 4.99 Å². The zero-order valence-electron chi connectivity index (χ0n) is 14.4. The van der Waals surface area contributed by atoms with E-state index in [0.717, 1.165) is 17.0 Å². The van der Waals surface area contributed by atoms with E-state index in [4.69, 9.17) is 14.2 Å². The first-order chi connectivity index (χ1) is 11.7. The van der Waals surface area contributed by atoms with Gasteiger partial charge in [-0.15, -0.1) is 0 Å². The molecular weight excluding hydrogens is 306 g/mol. The van der Waals surface area contributed by atoms with E-state index < -0.39 is 0 Å². The molecule has 0 saturated carbocycles. The maximum absolute atomic E-state index is 5.35. The number of benzene rings is 2. The molecule has 6 nitrogen and oxygen atoms in total. The third kappa shape index (κ3) is 4.32. The molecule has 0 aliphatic carbocycles. The quantitative estimate of drug-likeness (QED) is 0.630. The van der Waals surface area contributed by atoms with E-state index >= 15 is 0 Å². The number of rotatable bonds is 6. The molecule has 0 aliphatic heterocycles. The summed E-state index contributed by atoms with van der Waals surface area (Å²) in [4.78, 5) is 4.23. The van der Waals surface area contributed by atoms with Crippen LogP contribution in [-0.4, -0.2) is 34.3 Å². The monoisotopic (exact) mass is 329 g/mol. The molecule has 0 atom stereocenters. The second kappa shape index (κ2) is 8.67. The summed E-state index contributed by atoms with van der Waals surface area (Å²) in [6.45, 7) is 0.594. The predicted octanol–water partition coefficient (Wildman–Crippen LogP) is 2.90. The molecule has 0 bridgehead atoms. The number of para-hydroxylation sites is 1. The largest absolute Gasteiger partial charge is 0.496 e. The number of anilines is 1. The van der Waals surface area contributed by atoms with Crippen LogP contribution in [0.15, 0.2) is 47.5 Å². The Balaban J connectivity index is 2.05. The van der Waals surface area contributed by atoms with E-state index in [9.17, 15) is 0 Å². The summed E-state index contributed by atoms with van der Waals surface area (Å²) < 4.78 is 15.9. The van der Waals surface area contributed by atoms with Crippen LogP contribution in [0.2, 0.25) is 0 Å². The highest BCUT2D eigenvalue weighted by molar-refractivity contribution is 5.93. The average Bonchev–Trinajstić information content (AvgIpc) is 2.65. The summed E-state index contributed by atoms with van der Waals surface area (Å²) in [5.74, 6) is 2.82. The van der Waals surface area contributed by atoms with E-state index in [1.165, 1.54) is 0 Å². The molecule has 0 amide bonds. The predicted molar refractivity (Wildman–Crippen MR) is 96.4 cm³/mol. The standard InChI is InChI=1S/C18H23N3O3/c1-19-18(20-12-13-7-5-6-8-15(13)22-2)21-14-9-10-16(23-3)17(11-14)24-4/h5-11H,12H2,1-4H3,(H2,19,20,21). The number of hydrogen-bond acceptors (Lipinski definition) is 4. The zero-order valence-corrected chi connectivity index (χ0v) is 14.4. The molecule has 24 heavy (non-hydrogen) atoms. The highest BCUT2D eigenvalue weighted by Crippen LogP contribution is 2.29. The van der Waals surface area contributed by atoms with E-state index in [1.54, 1.807) is 28.4 Å². The van der Waals surface area contributed by atoms with Gasteiger partial charge in [-0.25, -0.2) is 0 Å². The number of hydrogen-bond donors (Lipinski definition) is 2. The molecule has 0 radical (unpaired) electrons. The minimum Gasteiger partial charge on any atom is -0.496 e. The van der Waals surface area contributed by atoms with Crippen molar-refractivity contribution >= 4 is 11.6 Å². The van der Waals surface area contributed by atoms with Gasteiger partial charge < -0.3 is 24.8 Å². The number of methoxy groups -OCH3 is 3. The molecule has 0 saturated heterocycles. The normalized spacial score (nSPS) is 10.9. The maximum Gasteiger partial charge on any atom is 0.195 e. The first-order valence-electron chi connectivity index (χ1n) is 7.53. The van der Waals surface area contributed by atoms with Crippen LogP contribution in [-0.2, 0) is 6.54 Å². The van der Waals surface area contributed by atoms with Gasteiger partial charge in [-0.1, -0.05) is 18.2 Å². The lowest BCUT2D eigenvalue weighted by atomic mass is 10.2. The molecule has 2 N–H and O–H groups in total. The topological polar surface area (TPSA) is 64.1 Å². The van der Waals surface area contributed by atoms with E-state index in [0.29, 0.717) is 24.0 Å². The Morgan fingerprint density at radius 2 is 1.62 bits per heavy atom. The van der Waals surface area contributed by atoms with E-state index in [-0.39, 0.29) is 0 Å². The Kier molecular flexibility index (Phi) is 6.31. The first kappa shape index (κ1) is 17.5. The Morgan fingerprint density at radius 3 is 2.29 bits per heavy atom. The van der Waals surface area contributed by atoms with Crippen molar-refractivity contribution in [3.05, 3.63) is 48.0 Å². The van der Waals surface area contributed by atoms with Crippen LogP contribution in [0.3, 0.4) is 0 Å². The maximum atomic E-state index is 5.35. The summed E-state index contributed by atoms with van der Waals surface area (Å²) in [6, 6.07) is 13.5. The van der Waals surface area contributed by atoms with Crippen LogP contribution in [0.25, 0.3) is 0 Å². The van der Waals surface area contributed by atoms with Crippen molar-refractivity contribution in [2.45, 2.75) is 6.54 Å². The number of aliphatic imine (C=N–C) groups is 1. The number of nitrogens with zero attached hydrogens (tertiary/aromatic N) is 1. The summed E-state index contributed by atoms with van der Waals surface area (Å²) in [5.41, 5.74) is 1.90. The molecule has 2 rings (SSSR count). The van der Waals surface area contributed by atoms with Gasteiger partial charge in [0.1, 0.15) is 5.75 Å². The third-order valence-corrected chi connectivity index (χ3v) is 3.51. The Bertz CT molecular complexity index is 702. The summed E-state index contributed by atoms with van der Waals surface area (Å²) >= 11 is 0. The van der Waals surface area contributed by atoms with Gasteiger partial charge in [-0.2, -0.15) is 0 Å². The molecular formula is C18H23N3O3. The summed E-state index contributed by atoms with van der Waals surface area (Å²) in [6.07, 6.45) is 0. The average molecular weight is 329 g/mol. The van der Waals surface area contributed by atoms with Gasteiger partial charge in [0.2, 0.25) is 0 Å². The second-order valence-electron chi connectivity index (χ2n) is 4.93. The molecule has 128 valence electrons. The Morgan fingerprint density at radius 1 is 0.917 bits per heavy atom. The van der Waals surface area contributed by atoms with Crippen LogP contribution in [0, 0.1) is 0 Å². The Hall–Kier alpha value is -2.89. The lowest BCUT2D eigenvalue weighted by molar-refractivity contribution is 0.355. The van der Waals surface area contributed by atoms with Crippen molar-refractivity contribution < 1.29 is 14.2 Å². The van der Waals surface area contributed by atoms with Crippen LogP contribution >= 0.6 is 0 Å². The molecule has 0 aliphatic rings. The van der Waals surface area contributed by atoms with Crippen LogP contribution < -0.4 is 24.8 Å². The van der Waals surface area contributed by atoms with Crippen LogP contribution in [0.4, 0.5) is 5.69 Å². The van der Waals surface area contributed by atoms with Gasteiger partial charge in [0.25, 0.3) is 0 Å². The lowest BCUT2D eigenvalue weighted by Crippen LogP contribution is -2.30. The smallest absolute Gasteiger partial charge is 0.195 e. The van der Waals surface area contributed by atoms with Gasteiger partial charge in [-0.05, 0) is 18.2 Å². The van der Waals surface area contributed by atoms with Crippen molar-refractivity contribution in [1.29, 1.82) is 0 Å². The summed E-state index contributed by atoms with van der Waals surface area (Å²) in [5, 5.41) is 6.49. The molecule has 0 spiro atoms. The zero-order chi connectivity index (χ0) is 17.4. The van der Waals surface area contributed by atoms with Crippen molar-refractivity contribution in [1.82, 2.24) is 5.32 Å². The first-order valence-corrected chi connectivity index (χ1v) is 7.53. The lowest BCUT2D eigenvalue weighted by Gasteiger charge is -2.15.